The second kappa shape index (κ2) is 4.73. The first-order chi connectivity index (χ1) is 10.8. The minimum absolute atomic E-state index is 0.0914. The lowest BCUT2D eigenvalue weighted by molar-refractivity contribution is -0.121. The molecule has 0 unspecified atom stereocenters. The van der Waals surface area contributed by atoms with Crippen molar-refractivity contribution in [1.82, 2.24) is 30.0 Å². The van der Waals surface area contributed by atoms with Gasteiger partial charge in [-0.1, -0.05) is 34.7 Å². The van der Waals surface area contributed by atoms with Crippen molar-refractivity contribution in [2.24, 2.45) is 0 Å². The summed E-state index contributed by atoms with van der Waals surface area (Å²) >= 11 is 0. The number of ketones is 1. The maximum Gasteiger partial charge on any atom is 0.205 e. The Balaban J connectivity index is 1.97. The molecule has 0 fully saturated rings. The number of aromatic nitrogens is 6. The summed E-state index contributed by atoms with van der Waals surface area (Å²) in [6, 6.07) is 15.0. The first-order valence-corrected chi connectivity index (χ1v) is 6.86. The van der Waals surface area contributed by atoms with Crippen LogP contribution in [-0.4, -0.2) is 35.8 Å². The van der Waals surface area contributed by atoms with E-state index in [-0.39, 0.29) is 5.78 Å². The molecule has 2 heterocycles. The van der Waals surface area contributed by atoms with Gasteiger partial charge >= 0.3 is 0 Å². The van der Waals surface area contributed by atoms with Gasteiger partial charge in [0.05, 0.1) is 11.0 Å². The van der Waals surface area contributed by atoms with E-state index < -0.39 is 6.17 Å². The molecule has 2 aromatic heterocycles. The van der Waals surface area contributed by atoms with Crippen molar-refractivity contribution in [2.75, 3.05) is 0 Å². The summed E-state index contributed by atoms with van der Waals surface area (Å²) in [7, 11) is 0. The number of benzene rings is 2. The molecule has 7 nitrogen and oxygen atoms in total. The highest BCUT2D eigenvalue weighted by Crippen LogP contribution is 2.21. The molecule has 0 N–H and O–H groups in total. The number of nitrogens with zero attached hydrogens (tertiary/aromatic N) is 6. The first-order valence-electron chi connectivity index (χ1n) is 6.86. The predicted octanol–water partition coefficient (Wildman–Crippen LogP) is 1.81. The molecule has 2 aromatic carbocycles. The molecule has 108 valence electrons. The van der Waals surface area contributed by atoms with Crippen molar-refractivity contribution in [3.05, 3.63) is 48.5 Å². The summed E-state index contributed by atoms with van der Waals surface area (Å²) in [6.07, 6.45) is -0.709. The maximum atomic E-state index is 12.3. The molecule has 4 rings (SSSR count). The van der Waals surface area contributed by atoms with E-state index in [2.05, 4.69) is 20.6 Å². The molecule has 0 aliphatic heterocycles. The van der Waals surface area contributed by atoms with E-state index in [9.17, 15) is 4.79 Å². The molecular weight excluding hydrogens is 280 g/mol. The summed E-state index contributed by atoms with van der Waals surface area (Å²) in [5.74, 6) is -0.0914. The summed E-state index contributed by atoms with van der Waals surface area (Å²) in [6.45, 7) is 1.51. The highest BCUT2D eigenvalue weighted by Gasteiger charge is 2.25. The second-order valence-electron chi connectivity index (χ2n) is 5.03. The zero-order valence-electron chi connectivity index (χ0n) is 11.8. The number of hydrogen-bond acceptors (Lipinski definition) is 5. The van der Waals surface area contributed by atoms with E-state index in [0.29, 0.717) is 0 Å². The summed E-state index contributed by atoms with van der Waals surface area (Å²) in [5, 5.41) is 16.5. The molecule has 4 aromatic rings. The molecule has 0 saturated carbocycles. The van der Waals surface area contributed by atoms with Gasteiger partial charge in [0, 0.05) is 0 Å². The van der Waals surface area contributed by atoms with Gasteiger partial charge in [0.2, 0.25) is 6.17 Å². The maximum absolute atomic E-state index is 12.3. The zero-order chi connectivity index (χ0) is 15.1. The number of fused-ring (bicyclic) bond motifs is 2. The second-order valence-corrected chi connectivity index (χ2v) is 5.03. The fourth-order valence-corrected chi connectivity index (χ4v) is 2.58. The fourth-order valence-electron chi connectivity index (χ4n) is 2.58. The molecule has 0 atom stereocenters. The van der Waals surface area contributed by atoms with Crippen LogP contribution in [0.4, 0.5) is 0 Å². The van der Waals surface area contributed by atoms with Crippen molar-refractivity contribution in [2.45, 2.75) is 13.1 Å². The lowest BCUT2D eigenvalue weighted by Crippen LogP contribution is -2.27. The number of hydrogen-bond donors (Lipinski definition) is 0. The Labute approximate surface area is 125 Å². The number of para-hydroxylation sites is 2. The molecule has 0 aliphatic carbocycles. The molecule has 0 radical (unpaired) electrons. The topological polar surface area (TPSA) is 78.5 Å². The molecule has 0 saturated heterocycles. The summed E-state index contributed by atoms with van der Waals surface area (Å²) in [5.41, 5.74) is 3.03. The van der Waals surface area contributed by atoms with Gasteiger partial charge in [-0.25, -0.2) is 9.36 Å². The average molecular weight is 292 g/mol. The Morgan fingerprint density at radius 1 is 0.864 bits per heavy atom. The monoisotopic (exact) mass is 292 g/mol. The Hall–Kier alpha value is -3.09. The van der Waals surface area contributed by atoms with Crippen LogP contribution in [0.5, 0.6) is 0 Å². The van der Waals surface area contributed by atoms with Crippen LogP contribution in [-0.2, 0) is 4.79 Å². The van der Waals surface area contributed by atoms with Crippen LogP contribution in [0.3, 0.4) is 0 Å². The third kappa shape index (κ3) is 1.79. The highest BCUT2D eigenvalue weighted by molar-refractivity contribution is 5.85. The number of carbonyl (C=O) groups is 1. The van der Waals surface area contributed by atoms with Crippen molar-refractivity contribution in [3.63, 3.8) is 0 Å². The van der Waals surface area contributed by atoms with Crippen LogP contribution in [0.25, 0.3) is 22.1 Å². The Bertz CT molecular complexity index is 912. The van der Waals surface area contributed by atoms with Gasteiger partial charge in [0.1, 0.15) is 11.0 Å². The van der Waals surface area contributed by atoms with Crippen molar-refractivity contribution in [3.8, 4) is 0 Å². The lowest BCUT2D eigenvalue weighted by Gasteiger charge is -2.15. The SMILES string of the molecule is CC(=O)C(n1nnc2ccccc21)n1nnc2ccccc21. The van der Waals surface area contributed by atoms with Crippen molar-refractivity contribution >= 4 is 27.9 Å². The van der Waals surface area contributed by atoms with Crippen molar-refractivity contribution < 1.29 is 4.79 Å². The predicted molar refractivity (Wildman–Crippen MR) is 80.2 cm³/mol. The highest BCUT2D eigenvalue weighted by atomic mass is 16.1. The molecule has 0 bridgehead atoms. The smallest absolute Gasteiger partial charge is 0.205 e. The Kier molecular flexibility index (Phi) is 2.72. The van der Waals surface area contributed by atoms with Gasteiger partial charge in [0.25, 0.3) is 0 Å². The number of Topliss-reactive ketones (excluding diaryl/α,β-unsaturated/α-hetero) is 1. The van der Waals surface area contributed by atoms with Crippen LogP contribution >= 0.6 is 0 Å². The van der Waals surface area contributed by atoms with Crippen LogP contribution in [0.1, 0.15) is 13.1 Å². The third-order valence-corrected chi connectivity index (χ3v) is 3.58. The minimum Gasteiger partial charge on any atom is -0.295 e. The number of rotatable bonds is 3. The third-order valence-electron chi connectivity index (χ3n) is 3.58. The molecule has 0 amide bonds. The molecule has 0 aliphatic rings. The Morgan fingerprint density at radius 3 is 1.77 bits per heavy atom. The molecule has 22 heavy (non-hydrogen) atoms. The van der Waals surface area contributed by atoms with Crippen LogP contribution in [0, 0.1) is 0 Å². The van der Waals surface area contributed by atoms with Gasteiger partial charge in [-0.05, 0) is 31.2 Å². The van der Waals surface area contributed by atoms with Gasteiger partial charge in [-0.15, -0.1) is 10.2 Å². The fraction of sp³-hybridized carbons (Fsp3) is 0.133. The van der Waals surface area contributed by atoms with Crippen LogP contribution in [0.2, 0.25) is 0 Å². The quantitative estimate of drug-likeness (QED) is 0.575. The number of carbonyl (C=O) groups excluding carboxylic acids is 1. The lowest BCUT2D eigenvalue weighted by atomic mass is 10.2. The van der Waals surface area contributed by atoms with E-state index in [1.807, 2.05) is 48.5 Å². The van der Waals surface area contributed by atoms with E-state index in [1.54, 1.807) is 9.36 Å². The van der Waals surface area contributed by atoms with E-state index >= 15 is 0 Å². The molecule has 7 heteroatoms. The molecule has 0 spiro atoms. The van der Waals surface area contributed by atoms with Gasteiger partial charge in [-0.3, -0.25) is 4.79 Å². The van der Waals surface area contributed by atoms with Crippen LogP contribution < -0.4 is 0 Å². The standard InChI is InChI=1S/C15H12N6O/c1-10(22)15(20-13-8-4-2-6-11(13)16-18-20)21-14-9-5-3-7-12(14)17-19-21/h2-9,15H,1H3. The van der Waals surface area contributed by atoms with E-state index in [0.717, 1.165) is 22.1 Å². The van der Waals surface area contributed by atoms with E-state index in [4.69, 9.17) is 0 Å². The van der Waals surface area contributed by atoms with Gasteiger partial charge in [-0.2, -0.15) is 0 Å². The Morgan fingerprint density at radius 2 is 1.32 bits per heavy atom. The first kappa shape index (κ1) is 12.6. The van der Waals surface area contributed by atoms with Gasteiger partial charge < -0.3 is 0 Å². The minimum atomic E-state index is -0.709. The summed E-state index contributed by atoms with van der Waals surface area (Å²) in [4.78, 5) is 12.3. The molecular formula is C15H12N6O. The van der Waals surface area contributed by atoms with Gasteiger partial charge in [0.15, 0.2) is 5.78 Å². The summed E-state index contributed by atoms with van der Waals surface area (Å²) < 4.78 is 3.16. The van der Waals surface area contributed by atoms with Crippen molar-refractivity contribution in [1.29, 1.82) is 0 Å². The van der Waals surface area contributed by atoms with Crippen LogP contribution in [0.15, 0.2) is 48.5 Å². The average Bonchev–Trinajstić information content (AvgIpc) is 3.13. The normalized spacial score (nSPS) is 11.5. The van der Waals surface area contributed by atoms with E-state index in [1.165, 1.54) is 6.92 Å². The largest absolute Gasteiger partial charge is 0.295 e. The zero-order valence-corrected chi connectivity index (χ0v) is 11.8.